The van der Waals surface area contributed by atoms with Gasteiger partial charge in [0.25, 0.3) is 0 Å². The molecule has 0 radical (unpaired) electrons. The minimum atomic E-state index is 0.485. The predicted octanol–water partition coefficient (Wildman–Crippen LogP) is 3.01. The second-order valence-corrected chi connectivity index (χ2v) is 4.34. The summed E-state index contributed by atoms with van der Waals surface area (Å²) in [4.78, 5) is 6.56. The van der Waals surface area contributed by atoms with Crippen LogP contribution in [0.2, 0.25) is 0 Å². The Balaban J connectivity index is 2.17. The van der Waals surface area contributed by atoms with E-state index in [-0.39, 0.29) is 0 Å². The second kappa shape index (κ2) is 7.15. The first kappa shape index (κ1) is 13.9. The van der Waals surface area contributed by atoms with Gasteiger partial charge in [-0.15, -0.1) is 0 Å². The molecule has 0 amide bonds. The molecular weight excluding hydrogens is 250 g/mol. The number of nitriles is 1. The summed E-state index contributed by atoms with van der Waals surface area (Å²) in [5.74, 6) is 0.607. The van der Waals surface area contributed by atoms with Crippen molar-refractivity contribution in [1.82, 2.24) is 4.98 Å². The minimum Gasteiger partial charge on any atom is -0.481 e. The van der Waals surface area contributed by atoms with Gasteiger partial charge in [0.2, 0.25) is 5.88 Å². The van der Waals surface area contributed by atoms with Gasteiger partial charge in [-0.25, -0.2) is 4.98 Å². The smallest absolute Gasteiger partial charge is 0.213 e. The first-order chi connectivity index (χ1) is 9.83. The number of ether oxygens (including phenoxy) is 1. The summed E-state index contributed by atoms with van der Waals surface area (Å²) >= 11 is 0. The highest BCUT2D eigenvalue weighted by atomic mass is 16.5. The van der Waals surface area contributed by atoms with E-state index in [2.05, 4.69) is 16.0 Å². The second-order valence-electron chi connectivity index (χ2n) is 4.34. The van der Waals surface area contributed by atoms with Crippen molar-refractivity contribution >= 4 is 5.69 Å². The summed E-state index contributed by atoms with van der Waals surface area (Å²) < 4.78 is 5.14. The van der Waals surface area contributed by atoms with E-state index in [1.165, 1.54) is 0 Å². The average Bonchev–Trinajstić information content (AvgIpc) is 2.52. The minimum absolute atomic E-state index is 0.485. The highest BCUT2D eigenvalue weighted by Crippen LogP contribution is 2.17. The summed E-state index contributed by atoms with van der Waals surface area (Å²) in [6.45, 7) is 1.34. The fraction of sp³-hybridized carbons (Fsp3) is 0.250. The molecule has 0 aliphatic carbocycles. The van der Waals surface area contributed by atoms with E-state index < -0.39 is 0 Å². The third kappa shape index (κ3) is 3.72. The van der Waals surface area contributed by atoms with Crippen LogP contribution in [0.3, 0.4) is 0 Å². The highest BCUT2D eigenvalue weighted by molar-refractivity contribution is 5.46. The maximum atomic E-state index is 8.80. The van der Waals surface area contributed by atoms with Crippen molar-refractivity contribution in [1.29, 1.82) is 5.26 Å². The van der Waals surface area contributed by atoms with Gasteiger partial charge in [0.15, 0.2) is 0 Å². The maximum Gasteiger partial charge on any atom is 0.213 e. The number of aromatic nitrogens is 1. The van der Waals surface area contributed by atoms with E-state index in [9.17, 15) is 0 Å². The third-order valence-corrected chi connectivity index (χ3v) is 2.96. The van der Waals surface area contributed by atoms with E-state index >= 15 is 0 Å². The van der Waals surface area contributed by atoms with Crippen molar-refractivity contribution in [3.8, 4) is 11.9 Å². The molecule has 1 heterocycles. The van der Waals surface area contributed by atoms with Gasteiger partial charge in [-0.2, -0.15) is 5.26 Å². The number of rotatable bonds is 6. The van der Waals surface area contributed by atoms with Crippen molar-refractivity contribution < 1.29 is 4.74 Å². The number of para-hydroxylation sites is 1. The van der Waals surface area contributed by atoms with Crippen LogP contribution in [-0.4, -0.2) is 18.6 Å². The number of hydrogen-bond donors (Lipinski definition) is 0. The summed E-state index contributed by atoms with van der Waals surface area (Å²) in [6, 6.07) is 18.0. The first-order valence-electron chi connectivity index (χ1n) is 6.50. The average molecular weight is 267 g/mol. The Morgan fingerprint density at radius 3 is 2.65 bits per heavy atom. The summed E-state index contributed by atoms with van der Waals surface area (Å²) in [5, 5.41) is 8.80. The molecule has 0 bridgehead atoms. The molecule has 0 saturated heterocycles. The Morgan fingerprint density at radius 1 is 1.15 bits per heavy atom. The highest BCUT2D eigenvalue weighted by Gasteiger charge is 2.08. The summed E-state index contributed by atoms with van der Waals surface area (Å²) in [6.07, 6.45) is 0.485. The molecule has 4 heteroatoms. The SMILES string of the molecule is COc1cccc(CN(CCC#N)c2ccccc2)n1. The first-order valence-corrected chi connectivity index (χ1v) is 6.50. The van der Waals surface area contributed by atoms with Gasteiger partial charge in [-0.3, -0.25) is 0 Å². The van der Waals surface area contributed by atoms with Crippen molar-refractivity contribution in [2.45, 2.75) is 13.0 Å². The van der Waals surface area contributed by atoms with Gasteiger partial charge < -0.3 is 9.64 Å². The van der Waals surface area contributed by atoms with E-state index in [0.29, 0.717) is 25.4 Å². The normalized spacial score (nSPS) is 9.80. The molecular formula is C16H17N3O. The zero-order valence-corrected chi connectivity index (χ0v) is 11.5. The van der Waals surface area contributed by atoms with E-state index in [0.717, 1.165) is 11.4 Å². The molecule has 0 atom stereocenters. The van der Waals surface area contributed by atoms with Crippen LogP contribution in [0.4, 0.5) is 5.69 Å². The van der Waals surface area contributed by atoms with Crippen LogP contribution in [-0.2, 0) is 6.54 Å². The lowest BCUT2D eigenvalue weighted by Gasteiger charge is -2.23. The van der Waals surface area contributed by atoms with E-state index in [1.807, 2.05) is 48.5 Å². The molecule has 0 aliphatic rings. The van der Waals surface area contributed by atoms with Crippen LogP contribution >= 0.6 is 0 Å². The molecule has 4 nitrogen and oxygen atoms in total. The maximum absolute atomic E-state index is 8.80. The van der Waals surface area contributed by atoms with Crippen molar-refractivity contribution in [3.05, 3.63) is 54.2 Å². The third-order valence-electron chi connectivity index (χ3n) is 2.96. The molecule has 0 saturated carbocycles. The lowest BCUT2D eigenvalue weighted by Crippen LogP contribution is -2.24. The number of pyridine rings is 1. The molecule has 0 N–H and O–H groups in total. The monoisotopic (exact) mass is 267 g/mol. The number of nitrogens with zero attached hydrogens (tertiary/aromatic N) is 3. The molecule has 20 heavy (non-hydrogen) atoms. The van der Waals surface area contributed by atoms with Crippen LogP contribution in [0.5, 0.6) is 5.88 Å². The summed E-state index contributed by atoms with van der Waals surface area (Å²) in [7, 11) is 1.61. The molecule has 0 unspecified atom stereocenters. The van der Waals surface area contributed by atoms with Crippen molar-refractivity contribution in [3.63, 3.8) is 0 Å². The molecule has 1 aromatic carbocycles. The van der Waals surface area contributed by atoms with Crippen LogP contribution in [0.15, 0.2) is 48.5 Å². The Kier molecular flexibility index (Phi) is 4.96. The fourth-order valence-electron chi connectivity index (χ4n) is 1.98. The Labute approximate surface area is 119 Å². The molecule has 2 aromatic rings. The molecule has 102 valence electrons. The Bertz CT molecular complexity index is 578. The fourth-order valence-corrected chi connectivity index (χ4v) is 1.98. The van der Waals surface area contributed by atoms with E-state index in [1.54, 1.807) is 7.11 Å². The topological polar surface area (TPSA) is 49.1 Å². The lowest BCUT2D eigenvalue weighted by atomic mass is 10.2. The molecule has 2 rings (SSSR count). The van der Waals surface area contributed by atoms with Gasteiger partial charge in [-0.05, 0) is 18.2 Å². The zero-order chi connectivity index (χ0) is 14.2. The van der Waals surface area contributed by atoms with Gasteiger partial charge in [0, 0.05) is 18.3 Å². The Morgan fingerprint density at radius 2 is 1.95 bits per heavy atom. The standard InChI is InChI=1S/C16H17N3O/c1-20-16-10-5-7-14(18-16)13-19(12-6-11-17)15-8-3-2-4-9-15/h2-5,7-10H,6,12-13H2,1H3. The zero-order valence-electron chi connectivity index (χ0n) is 11.5. The van der Waals surface area contributed by atoms with E-state index in [4.69, 9.17) is 10.00 Å². The van der Waals surface area contributed by atoms with Gasteiger partial charge in [0.05, 0.1) is 31.8 Å². The van der Waals surface area contributed by atoms with Crippen LogP contribution in [0, 0.1) is 11.3 Å². The molecule has 0 aliphatic heterocycles. The molecule has 0 spiro atoms. The Hall–Kier alpha value is -2.54. The van der Waals surface area contributed by atoms with Gasteiger partial charge in [-0.1, -0.05) is 24.3 Å². The number of benzene rings is 1. The number of hydrogen-bond acceptors (Lipinski definition) is 4. The number of anilines is 1. The van der Waals surface area contributed by atoms with Crippen molar-refractivity contribution in [2.75, 3.05) is 18.6 Å². The summed E-state index contributed by atoms with van der Waals surface area (Å²) in [5.41, 5.74) is 2.01. The largest absolute Gasteiger partial charge is 0.481 e. The van der Waals surface area contributed by atoms with Crippen LogP contribution < -0.4 is 9.64 Å². The molecule has 1 aromatic heterocycles. The molecule has 0 fully saturated rings. The number of methoxy groups -OCH3 is 1. The van der Waals surface area contributed by atoms with Gasteiger partial charge >= 0.3 is 0 Å². The van der Waals surface area contributed by atoms with Crippen LogP contribution in [0.1, 0.15) is 12.1 Å². The van der Waals surface area contributed by atoms with Crippen molar-refractivity contribution in [2.24, 2.45) is 0 Å². The predicted molar refractivity (Wildman–Crippen MR) is 78.5 cm³/mol. The quantitative estimate of drug-likeness (QED) is 0.807. The van der Waals surface area contributed by atoms with Crippen LogP contribution in [0.25, 0.3) is 0 Å². The van der Waals surface area contributed by atoms with Gasteiger partial charge in [0.1, 0.15) is 0 Å². The lowest BCUT2D eigenvalue weighted by molar-refractivity contribution is 0.396.